The number of nitrogens with zero attached hydrogens (tertiary/aromatic N) is 2. The average Bonchev–Trinajstić information content (AvgIpc) is 3.08. The predicted octanol–water partition coefficient (Wildman–Crippen LogP) is 1.17. The molecule has 2 heterocycles. The van der Waals surface area contributed by atoms with Gasteiger partial charge in [-0.25, -0.2) is 4.98 Å². The summed E-state index contributed by atoms with van der Waals surface area (Å²) in [5.74, 6) is 0.481. The van der Waals surface area contributed by atoms with Gasteiger partial charge in [0.2, 0.25) is 5.89 Å². The van der Waals surface area contributed by atoms with Crippen LogP contribution in [-0.4, -0.2) is 55.2 Å². The maximum Gasteiger partial charge on any atom is 0.273 e. The highest BCUT2D eigenvalue weighted by Gasteiger charge is 2.20. The van der Waals surface area contributed by atoms with Crippen molar-refractivity contribution in [1.82, 2.24) is 15.2 Å². The summed E-state index contributed by atoms with van der Waals surface area (Å²) in [6.45, 7) is 9.22. The zero-order chi connectivity index (χ0) is 16.7. The van der Waals surface area contributed by atoms with E-state index in [4.69, 9.17) is 14.9 Å². The topological polar surface area (TPSA) is 93.6 Å². The van der Waals surface area contributed by atoms with Crippen molar-refractivity contribution in [2.75, 3.05) is 39.4 Å². The first-order chi connectivity index (χ1) is 11.1. The molecule has 1 amide bonds. The van der Waals surface area contributed by atoms with Crippen LogP contribution in [-0.2, 0) is 4.74 Å². The Labute approximate surface area is 137 Å². The molecular weight excluding hydrogens is 296 g/mol. The second-order valence-corrected chi connectivity index (χ2v) is 6.05. The minimum atomic E-state index is -0.275. The van der Waals surface area contributed by atoms with E-state index in [0.29, 0.717) is 18.1 Å². The fourth-order valence-corrected chi connectivity index (χ4v) is 2.46. The van der Waals surface area contributed by atoms with Gasteiger partial charge in [0.15, 0.2) is 5.69 Å². The maximum absolute atomic E-state index is 12.1. The van der Waals surface area contributed by atoms with E-state index in [1.807, 2.05) is 6.92 Å². The number of oxazole rings is 1. The number of nitrogens with two attached hydrogens (primary N) is 1. The number of ether oxygens (including phenoxy) is 1. The predicted molar refractivity (Wildman–Crippen MR) is 87.1 cm³/mol. The van der Waals surface area contributed by atoms with Crippen LogP contribution in [0.4, 0.5) is 0 Å². The number of nitrogens with one attached hydrogen (secondary N) is 1. The molecule has 1 saturated heterocycles. The minimum Gasteiger partial charge on any atom is -0.446 e. The number of rotatable bonds is 8. The van der Waals surface area contributed by atoms with Gasteiger partial charge in [-0.15, -0.1) is 0 Å². The van der Waals surface area contributed by atoms with E-state index in [1.165, 1.54) is 6.26 Å². The van der Waals surface area contributed by atoms with Crippen molar-refractivity contribution >= 4 is 5.91 Å². The summed E-state index contributed by atoms with van der Waals surface area (Å²) in [4.78, 5) is 18.6. The first-order valence-corrected chi connectivity index (χ1v) is 8.41. The van der Waals surface area contributed by atoms with Gasteiger partial charge in [-0.2, -0.15) is 0 Å². The van der Waals surface area contributed by atoms with Crippen LogP contribution in [0.15, 0.2) is 10.7 Å². The summed E-state index contributed by atoms with van der Waals surface area (Å²) in [5.41, 5.74) is 6.36. The SMILES string of the molecule is CCC(C)C(N)c1nc(C(=O)NCCCN2CCOCC2)co1. The highest BCUT2D eigenvalue weighted by atomic mass is 16.5. The molecule has 0 aliphatic carbocycles. The standard InChI is InChI=1S/C16H28N4O3/c1-3-12(2)14(17)16-19-13(11-23-16)15(21)18-5-4-6-20-7-9-22-10-8-20/h11-12,14H,3-10,17H2,1-2H3,(H,18,21). The van der Waals surface area contributed by atoms with Crippen LogP contribution in [0.25, 0.3) is 0 Å². The molecular formula is C16H28N4O3. The van der Waals surface area contributed by atoms with E-state index >= 15 is 0 Å². The van der Waals surface area contributed by atoms with Gasteiger partial charge in [0, 0.05) is 19.6 Å². The molecule has 2 unspecified atom stereocenters. The van der Waals surface area contributed by atoms with Crippen LogP contribution in [0.2, 0.25) is 0 Å². The summed E-state index contributed by atoms with van der Waals surface area (Å²) >= 11 is 0. The van der Waals surface area contributed by atoms with Gasteiger partial charge in [0.05, 0.1) is 19.3 Å². The van der Waals surface area contributed by atoms with Crippen molar-refractivity contribution in [2.45, 2.75) is 32.7 Å². The van der Waals surface area contributed by atoms with Gasteiger partial charge < -0.3 is 20.2 Å². The monoisotopic (exact) mass is 324 g/mol. The summed E-state index contributed by atoms with van der Waals surface area (Å²) < 4.78 is 10.7. The van der Waals surface area contributed by atoms with Crippen molar-refractivity contribution in [2.24, 2.45) is 11.7 Å². The molecule has 1 fully saturated rings. The van der Waals surface area contributed by atoms with Crippen molar-refractivity contribution < 1.29 is 13.9 Å². The van der Waals surface area contributed by atoms with Crippen molar-refractivity contribution in [1.29, 1.82) is 0 Å². The zero-order valence-corrected chi connectivity index (χ0v) is 14.1. The third kappa shape index (κ3) is 5.30. The fourth-order valence-electron chi connectivity index (χ4n) is 2.46. The highest BCUT2D eigenvalue weighted by Crippen LogP contribution is 2.20. The van der Waals surface area contributed by atoms with Gasteiger partial charge in [0.1, 0.15) is 6.26 Å². The van der Waals surface area contributed by atoms with Crippen LogP contribution in [0.5, 0.6) is 0 Å². The molecule has 0 radical (unpaired) electrons. The molecule has 7 heteroatoms. The smallest absolute Gasteiger partial charge is 0.273 e. The summed E-state index contributed by atoms with van der Waals surface area (Å²) in [6, 6.07) is -0.275. The number of amides is 1. The molecule has 0 aromatic carbocycles. The molecule has 1 aromatic heterocycles. The largest absolute Gasteiger partial charge is 0.446 e. The summed E-state index contributed by atoms with van der Waals surface area (Å²) in [7, 11) is 0. The Bertz CT molecular complexity index is 485. The molecule has 2 rings (SSSR count). The molecule has 130 valence electrons. The molecule has 0 spiro atoms. The lowest BCUT2D eigenvalue weighted by molar-refractivity contribution is 0.0374. The highest BCUT2D eigenvalue weighted by molar-refractivity contribution is 5.91. The lowest BCUT2D eigenvalue weighted by atomic mass is 10.0. The number of morpholine rings is 1. The van der Waals surface area contributed by atoms with E-state index in [1.54, 1.807) is 0 Å². The van der Waals surface area contributed by atoms with Crippen LogP contribution < -0.4 is 11.1 Å². The lowest BCUT2D eigenvalue weighted by Crippen LogP contribution is -2.38. The van der Waals surface area contributed by atoms with Crippen molar-refractivity contribution in [3.63, 3.8) is 0 Å². The van der Waals surface area contributed by atoms with Gasteiger partial charge in [-0.1, -0.05) is 20.3 Å². The van der Waals surface area contributed by atoms with Crippen LogP contribution in [0.1, 0.15) is 49.1 Å². The van der Waals surface area contributed by atoms with Gasteiger partial charge in [-0.3, -0.25) is 9.69 Å². The maximum atomic E-state index is 12.1. The number of hydrogen-bond acceptors (Lipinski definition) is 6. The molecule has 0 saturated carbocycles. The normalized spacial score (nSPS) is 18.6. The first kappa shape index (κ1) is 17.9. The van der Waals surface area contributed by atoms with E-state index in [2.05, 4.69) is 22.1 Å². The van der Waals surface area contributed by atoms with Crippen molar-refractivity contribution in [3.8, 4) is 0 Å². The summed E-state index contributed by atoms with van der Waals surface area (Å²) in [5, 5.41) is 2.87. The Morgan fingerprint density at radius 1 is 1.48 bits per heavy atom. The van der Waals surface area contributed by atoms with Gasteiger partial charge >= 0.3 is 0 Å². The fraction of sp³-hybridized carbons (Fsp3) is 0.750. The molecule has 7 nitrogen and oxygen atoms in total. The lowest BCUT2D eigenvalue weighted by Gasteiger charge is -2.26. The molecule has 23 heavy (non-hydrogen) atoms. The summed E-state index contributed by atoms with van der Waals surface area (Å²) in [6.07, 6.45) is 3.23. The Kier molecular flexibility index (Phi) is 7.01. The van der Waals surface area contributed by atoms with Crippen LogP contribution in [0, 0.1) is 5.92 Å². The number of carbonyl (C=O) groups is 1. The Morgan fingerprint density at radius 3 is 2.91 bits per heavy atom. The van der Waals surface area contributed by atoms with E-state index in [-0.39, 0.29) is 17.9 Å². The molecule has 1 aromatic rings. The number of carbonyl (C=O) groups excluding carboxylic acids is 1. The van der Waals surface area contributed by atoms with Gasteiger partial charge in [-0.05, 0) is 18.9 Å². The van der Waals surface area contributed by atoms with E-state index in [0.717, 1.165) is 45.7 Å². The average molecular weight is 324 g/mol. The van der Waals surface area contributed by atoms with Gasteiger partial charge in [0.25, 0.3) is 5.91 Å². The second kappa shape index (κ2) is 9.00. The number of hydrogen-bond donors (Lipinski definition) is 2. The third-order valence-electron chi connectivity index (χ3n) is 4.34. The Hall–Kier alpha value is -1.44. The Morgan fingerprint density at radius 2 is 2.22 bits per heavy atom. The van der Waals surface area contributed by atoms with E-state index in [9.17, 15) is 4.79 Å². The van der Waals surface area contributed by atoms with Crippen LogP contribution >= 0.6 is 0 Å². The second-order valence-electron chi connectivity index (χ2n) is 6.05. The molecule has 3 N–H and O–H groups in total. The Balaban J connectivity index is 1.72. The molecule has 2 atom stereocenters. The van der Waals surface area contributed by atoms with E-state index < -0.39 is 0 Å². The molecule has 1 aliphatic heterocycles. The van der Waals surface area contributed by atoms with Crippen molar-refractivity contribution in [3.05, 3.63) is 17.8 Å². The zero-order valence-electron chi connectivity index (χ0n) is 14.1. The third-order valence-corrected chi connectivity index (χ3v) is 4.34. The first-order valence-electron chi connectivity index (χ1n) is 8.41. The van der Waals surface area contributed by atoms with Crippen LogP contribution in [0.3, 0.4) is 0 Å². The molecule has 1 aliphatic rings. The molecule has 0 bridgehead atoms. The quantitative estimate of drug-likeness (QED) is 0.697. The minimum absolute atomic E-state index is 0.210. The number of aromatic nitrogens is 1.